The van der Waals surface area contributed by atoms with Crippen molar-refractivity contribution in [2.75, 3.05) is 11.9 Å². The first-order valence-electron chi connectivity index (χ1n) is 7.21. The Hall–Kier alpha value is -1.12. The fraction of sp³-hybridized carbons (Fsp3) is 0.615. The Morgan fingerprint density at radius 3 is 2.81 bits per heavy atom. The van der Waals surface area contributed by atoms with E-state index in [4.69, 9.17) is 0 Å². The molecule has 0 aliphatic heterocycles. The van der Waals surface area contributed by atoms with Crippen molar-refractivity contribution in [3.05, 3.63) is 11.6 Å². The quantitative estimate of drug-likeness (QED) is 0.780. The average Bonchev–Trinajstić information content (AvgIpc) is 2.94. The van der Waals surface area contributed by atoms with Gasteiger partial charge in [-0.1, -0.05) is 20.3 Å². The number of hydrogen-bond donors (Lipinski definition) is 2. The van der Waals surface area contributed by atoms with Gasteiger partial charge in [0.1, 0.15) is 0 Å². The molecule has 2 rings (SSSR count). The van der Waals surface area contributed by atoms with E-state index >= 15 is 0 Å². The molecule has 0 radical (unpaired) electrons. The largest absolute Gasteiger partial charge is 0.368 e. The Kier molecular flexibility index (Phi) is 5.23. The third-order valence-corrected chi connectivity index (χ3v) is 5.46. The molecule has 0 amide bonds. The van der Waals surface area contributed by atoms with Gasteiger partial charge >= 0.3 is 0 Å². The summed E-state index contributed by atoms with van der Waals surface area (Å²) in [6.07, 6.45) is 4.39. The van der Waals surface area contributed by atoms with Crippen molar-refractivity contribution in [1.29, 1.82) is 0 Å². The van der Waals surface area contributed by atoms with E-state index in [1.54, 1.807) is 10.6 Å². The lowest BCUT2D eigenvalue weighted by Gasteiger charge is -2.14. The van der Waals surface area contributed by atoms with Crippen LogP contribution in [0.25, 0.3) is 4.96 Å². The van der Waals surface area contributed by atoms with Crippen LogP contribution in [0.15, 0.2) is 16.6 Å². The third-order valence-electron chi connectivity index (χ3n) is 3.09. The van der Waals surface area contributed by atoms with Crippen molar-refractivity contribution in [2.24, 2.45) is 0 Å². The highest BCUT2D eigenvalue weighted by Gasteiger charge is 2.27. The van der Waals surface area contributed by atoms with Crippen LogP contribution in [0, 0.1) is 0 Å². The first kappa shape index (κ1) is 16.3. The summed E-state index contributed by atoms with van der Waals surface area (Å²) in [4.78, 5) is 5.06. The molecule has 0 spiro atoms. The summed E-state index contributed by atoms with van der Waals surface area (Å²) in [5, 5.41) is 5.14. The number of hydrogen-bond acceptors (Lipinski definition) is 5. The normalized spacial score (nSPS) is 13.7. The van der Waals surface area contributed by atoms with Gasteiger partial charge in [0.05, 0.1) is 0 Å². The molecule has 0 aromatic carbocycles. The number of rotatable bonds is 8. The van der Waals surface area contributed by atoms with Crippen LogP contribution in [0.4, 0.5) is 5.82 Å². The molecule has 21 heavy (non-hydrogen) atoms. The fourth-order valence-electron chi connectivity index (χ4n) is 2.19. The second-order valence-electron chi connectivity index (χ2n) is 5.06. The number of imidazole rings is 1. The van der Waals surface area contributed by atoms with Crippen molar-refractivity contribution in [1.82, 2.24) is 14.1 Å². The molecule has 2 N–H and O–H groups in total. The van der Waals surface area contributed by atoms with Gasteiger partial charge in [-0.2, -0.15) is 0 Å². The molecule has 0 bridgehead atoms. The molecule has 2 aromatic rings. The molecule has 0 saturated heterocycles. The van der Waals surface area contributed by atoms with Gasteiger partial charge in [-0.15, -0.1) is 11.3 Å². The lowest BCUT2D eigenvalue weighted by molar-refractivity contribution is 0.540. The molecule has 0 saturated carbocycles. The summed E-state index contributed by atoms with van der Waals surface area (Å²) in [5.41, 5.74) is 0. The minimum atomic E-state index is -3.60. The maximum Gasteiger partial charge on any atom is 0.260 e. The third kappa shape index (κ3) is 3.56. The highest BCUT2D eigenvalue weighted by Crippen LogP contribution is 2.26. The van der Waals surface area contributed by atoms with Gasteiger partial charge in [0.25, 0.3) is 10.0 Å². The van der Waals surface area contributed by atoms with Crippen molar-refractivity contribution in [3.63, 3.8) is 0 Å². The van der Waals surface area contributed by atoms with E-state index in [-0.39, 0.29) is 11.1 Å². The molecule has 1 unspecified atom stereocenters. The predicted molar refractivity (Wildman–Crippen MR) is 86.5 cm³/mol. The Balaban J connectivity index is 2.39. The van der Waals surface area contributed by atoms with E-state index in [0.29, 0.717) is 17.3 Å². The zero-order chi connectivity index (χ0) is 15.5. The molecular weight excluding hydrogens is 308 g/mol. The van der Waals surface area contributed by atoms with Crippen LogP contribution in [-0.2, 0) is 10.0 Å². The van der Waals surface area contributed by atoms with E-state index in [9.17, 15) is 8.42 Å². The van der Waals surface area contributed by atoms with Crippen LogP contribution in [0.3, 0.4) is 0 Å². The molecule has 118 valence electrons. The van der Waals surface area contributed by atoms with E-state index in [2.05, 4.69) is 15.0 Å². The summed E-state index contributed by atoms with van der Waals surface area (Å²) < 4.78 is 29.7. The molecule has 8 heteroatoms. The molecule has 0 fully saturated rings. The van der Waals surface area contributed by atoms with Gasteiger partial charge in [-0.3, -0.25) is 4.40 Å². The number of sulfonamides is 1. The minimum absolute atomic E-state index is 0.0942. The zero-order valence-electron chi connectivity index (χ0n) is 12.6. The van der Waals surface area contributed by atoms with Crippen molar-refractivity contribution < 1.29 is 8.42 Å². The minimum Gasteiger partial charge on any atom is -0.368 e. The summed E-state index contributed by atoms with van der Waals surface area (Å²) in [7, 11) is -3.60. The number of nitrogens with zero attached hydrogens (tertiary/aromatic N) is 2. The van der Waals surface area contributed by atoms with Gasteiger partial charge in [-0.25, -0.2) is 18.1 Å². The van der Waals surface area contributed by atoms with E-state index in [0.717, 1.165) is 19.3 Å². The molecule has 0 aliphatic carbocycles. The van der Waals surface area contributed by atoms with Crippen molar-refractivity contribution in [3.8, 4) is 0 Å². The highest BCUT2D eigenvalue weighted by atomic mass is 32.2. The number of thiazole rings is 1. The van der Waals surface area contributed by atoms with Crippen LogP contribution >= 0.6 is 11.3 Å². The molecule has 2 aromatic heterocycles. The number of aromatic nitrogens is 2. The average molecular weight is 330 g/mol. The summed E-state index contributed by atoms with van der Waals surface area (Å²) in [6.45, 7) is 6.64. The Labute approximate surface area is 129 Å². The van der Waals surface area contributed by atoms with Crippen LogP contribution in [0.5, 0.6) is 0 Å². The second kappa shape index (κ2) is 6.76. The maximum atomic E-state index is 12.7. The number of anilines is 1. The van der Waals surface area contributed by atoms with Crippen LogP contribution < -0.4 is 10.0 Å². The lowest BCUT2D eigenvalue weighted by atomic mass is 10.2. The van der Waals surface area contributed by atoms with Gasteiger partial charge in [0.15, 0.2) is 15.8 Å². The molecular formula is C13H22N4O2S2. The first-order valence-corrected chi connectivity index (χ1v) is 9.57. The Bertz CT molecular complexity index is 690. The van der Waals surface area contributed by atoms with Crippen LogP contribution in [0.2, 0.25) is 0 Å². The number of fused-ring (bicyclic) bond motifs is 1. The van der Waals surface area contributed by atoms with Crippen LogP contribution in [-0.4, -0.2) is 30.4 Å². The second-order valence-corrected chi connectivity index (χ2v) is 7.56. The summed E-state index contributed by atoms with van der Waals surface area (Å²) >= 11 is 1.42. The molecule has 2 heterocycles. The molecule has 1 atom stereocenters. The first-order chi connectivity index (χ1) is 9.99. The predicted octanol–water partition coefficient (Wildman–Crippen LogP) is 2.68. The SMILES string of the molecule is CCCNc1nc2sccn2c1S(=O)(=O)NC(C)CCC. The number of nitrogens with one attached hydrogen (secondary N) is 2. The fourth-order valence-corrected chi connectivity index (χ4v) is 4.50. The maximum absolute atomic E-state index is 12.7. The molecule has 0 aliphatic rings. The van der Waals surface area contributed by atoms with Gasteiger partial charge in [0.2, 0.25) is 0 Å². The van der Waals surface area contributed by atoms with Crippen LogP contribution in [0.1, 0.15) is 40.0 Å². The van der Waals surface area contributed by atoms with E-state index in [1.165, 1.54) is 11.3 Å². The van der Waals surface area contributed by atoms with Gasteiger partial charge in [0, 0.05) is 24.2 Å². The highest BCUT2D eigenvalue weighted by molar-refractivity contribution is 7.89. The topological polar surface area (TPSA) is 75.5 Å². The Morgan fingerprint density at radius 2 is 2.14 bits per heavy atom. The monoisotopic (exact) mass is 330 g/mol. The summed E-state index contributed by atoms with van der Waals surface area (Å²) in [6, 6.07) is -0.0942. The smallest absolute Gasteiger partial charge is 0.260 e. The van der Waals surface area contributed by atoms with E-state index < -0.39 is 10.0 Å². The Morgan fingerprint density at radius 1 is 1.38 bits per heavy atom. The molecule has 6 nitrogen and oxygen atoms in total. The van der Waals surface area contributed by atoms with Gasteiger partial charge in [-0.05, 0) is 19.8 Å². The summed E-state index contributed by atoms with van der Waals surface area (Å²) in [5.74, 6) is 0.430. The van der Waals surface area contributed by atoms with Crippen molar-refractivity contribution >= 4 is 32.1 Å². The lowest BCUT2D eigenvalue weighted by Crippen LogP contribution is -2.33. The van der Waals surface area contributed by atoms with Crippen molar-refractivity contribution in [2.45, 2.75) is 51.1 Å². The zero-order valence-corrected chi connectivity index (χ0v) is 14.2. The standard InChI is InChI=1S/C13H22N4O2S2/c1-4-6-10(3)16-21(18,19)12-11(14-7-5-2)15-13-17(12)8-9-20-13/h8-10,14,16H,4-7H2,1-3H3. The van der Waals surface area contributed by atoms with Gasteiger partial charge < -0.3 is 5.32 Å². The van der Waals surface area contributed by atoms with E-state index in [1.807, 2.05) is 26.2 Å².